The number of aromatic hydroxyl groups is 1. The zero-order chi connectivity index (χ0) is 14.8. The van der Waals surface area contributed by atoms with Crippen molar-refractivity contribution in [2.75, 3.05) is 6.54 Å². The highest BCUT2D eigenvalue weighted by Gasteiger charge is 2.20. The molecule has 0 radical (unpaired) electrons. The zero-order valence-corrected chi connectivity index (χ0v) is 12.4. The fourth-order valence-corrected chi connectivity index (χ4v) is 2.63. The standard InChI is InChI=1S/C16H11Cl2NO2/c17-11-5-3-6-12(18)15(11)16-19-9-8-14(21-16)10-4-1-2-7-13(10)20/h1-8,20H,9H2. The van der Waals surface area contributed by atoms with E-state index in [4.69, 9.17) is 27.9 Å². The Kier molecular flexibility index (Phi) is 3.86. The summed E-state index contributed by atoms with van der Waals surface area (Å²) in [4.78, 5) is 4.29. The van der Waals surface area contributed by atoms with Gasteiger partial charge in [0.25, 0.3) is 0 Å². The number of nitrogens with zero attached hydrogens (tertiary/aromatic N) is 1. The van der Waals surface area contributed by atoms with Crippen LogP contribution in [0, 0.1) is 0 Å². The Morgan fingerprint density at radius 3 is 2.43 bits per heavy atom. The minimum absolute atomic E-state index is 0.148. The van der Waals surface area contributed by atoms with Crippen LogP contribution in [-0.4, -0.2) is 17.5 Å². The molecule has 1 N–H and O–H groups in total. The molecule has 0 unspecified atom stereocenters. The maximum Gasteiger partial charge on any atom is 0.225 e. The van der Waals surface area contributed by atoms with E-state index in [2.05, 4.69) is 4.99 Å². The van der Waals surface area contributed by atoms with Crippen molar-refractivity contribution in [3.05, 3.63) is 69.7 Å². The number of ether oxygens (including phenoxy) is 1. The number of phenols is 1. The molecule has 2 aromatic rings. The first-order chi connectivity index (χ1) is 10.2. The summed E-state index contributed by atoms with van der Waals surface area (Å²) >= 11 is 12.3. The maximum atomic E-state index is 9.92. The van der Waals surface area contributed by atoms with Crippen LogP contribution < -0.4 is 0 Å². The molecule has 3 nitrogen and oxygen atoms in total. The average Bonchev–Trinajstić information content (AvgIpc) is 2.48. The van der Waals surface area contributed by atoms with Crippen LogP contribution in [0.25, 0.3) is 5.76 Å². The van der Waals surface area contributed by atoms with Crippen molar-refractivity contribution in [2.24, 2.45) is 4.99 Å². The molecule has 0 saturated carbocycles. The first-order valence-corrected chi connectivity index (χ1v) is 7.07. The smallest absolute Gasteiger partial charge is 0.225 e. The lowest BCUT2D eigenvalue weighted by Crippen LogP contribution is -2.12. The van der Waals surface area contributed by atoms with Gasteiger partial charge in [0.05, 0.1) is 27.7 Å². The van der Waals surface area contributed by atoms with E-state index in [1.54, 1.807) is 42.5 Å². The van der Waals surface area contributed by atoms with Gasteiger partial charge in [0.2, 0.25) is 5.90 Å². The number of hydrogen-bond acceptors (Lipinski definition) is 3. The highest BCUT2D eigenvalue weighted by molar-refractivity contribution is 6.39. The van der Waals surface area contributed by atoms with Gasteiger partial charge < -0.3 is 9.84 Å². The van der Waals surface area contributed by atoms with Gasteiger partial charge in [0.1, 0.15) is 11.5 Å². The third kappa shape index (κ3) is 2.75. The van der Waals surface area contributed by atoms with Gasteiger partial charge in [0.15, 0.2) is 0 Å². The lowest BCUT2D eigenvalue weighted by atomic mass is 10.1. The Hall–Kier alpha value is -1.97. The number of halogens is 2. The van der Waals surface area contributed by atoms with Gasteiger partial charge in [-0.2, -0.15) is 0 Å². The van der Waals surface area contributed by atoms with Gasteiger partial charge >= 0.3 is 0 Å². The van der Waals surface area contributed by atoms with Crippen molar-refractivity contribution in [2.45, 2.75) is 0 Å². The van der Waals surface area contributed by atoms with E-state index in [1.165, 1.54) is 0 Å². The quantitative estimate of drug-likeness (QED) is 0.884. The lowest BCUT2D eigenvalue weighted by molar-refractivity contribution is 0.457. The lowest BCUT2D eigenvalue weighted by Gasteiger charge is -2.18. The number of phenolic OH excluding ortho intramolecular Hbond substituents is 1. The molecule has 0 bridgehead atoms. The second-order valence-corrected chi connectivity index (χ2v) is 5.24. The van der Waals surface area contributed by atoms with Gasteiger partial charge in [-0.25, -0.2) is 4.99 Å². The van der Waals surface area contributed by atoms with E-state index < -0.39 is 0 Å². The predicted octanol–water partition coefficient (Wildman–Crippen LogP) is 4.52. The van der Waals surface area contributed by atoms with Crippen LogP contribution in [0.1, 0.15) is 11.1 Å². The summed E-state index contributed by atoms with van der Waals surface area (Å²) in [5, 5.41) is 10.9. The molecule has 0 aromatic heterocycles. The Balaban J connectivity index is 1.96. The van der Waals surface area contributed by atoms with Gasteiger partial charge in [-0.1, -0.05) is 41.4 Å². The molecular weight excluding hydrogens is 309 g/mol. The molecule has 1 aliphatic rings. The van der Waals surface area contributed by atoms with Crippen LogP contribution in [0.15, 0.2) is 53.5 Å². The summed E-state index contributed by atoms with van der Waals surface area (Å²) in [7, 11) is 0. The minimum Gasteiger partial charge on any atom is -0.507 e. The van der Waals surface area contributed by atoms with Crippen molar-refractivity contribution in [1.29, 1.82) is 0 Å². The van der Waals surface area contributed by atoms with Gasteiger partial charge in [-0.05, 0) is 30.3 Å². The van der Waals surface area contributed by atoms with E-state index in [-0.39, 0.29) is 5.75 Å². The molecule has 21 heavy (non-hydrogen) atoms. The average molecular weight is 320 g/mol. The minimum atomic E-state index is 0.148. The molecule has 1 aliphatic heterocycles. The Labute approximate surface area is 132 Å². The molecule has 1 heterocycles. The topological polar surface area (TPSA) is 41.8 Å². The highest BCUT2D eigenvalue weighted by atomic mass is 35.5. The molecular formula is C16H11Cl2NO2. The van der Waals surface area contributed by atoms with E-state index in [0.717, 1.165) is 0 Å². The molecule has 0 amide bonds. The fraction of sp³-hybridized carbons (Fsp3) is 0.0625. The van der Waals surface area contributed by atoms with E-state index in [9.17, 15) is 5.11 Å². The normalized spacial score (nSPS) is 14.2. The third-order valence-electron chi connectivity index (χ3n) is 3.06. The van der Waals surface area contributed by atoms with Gasteiger partial charge in [-0.3, -0.25) is 0 Å². The van der Waals surface area contributed by atoms with Crippen molar-refractivity contribution < 1.29 is 9.84 Å². The summed E-state index contributed by atoms with van der Waals surface area (Å²) in [5.41, 5.74) is 1.16. The van der Waals surface area contributed by atoms with Crippen LogP contribution >= 0.6 is 23.2 Å². The number of aliphatic imine (C=N–C) groups is 1. The summed E-state index contributed by atoms with van der Waals surface area (Å²) in [5.74, 6) is 1.04. The molecule has 3 rings (SSSR count). The number of benzene rings is 2. The first-order valence-electron chi connectivity index (χ1n) is 6.32. The molecule has 106 valence electrons. The second kappa shape index (κ2) is 5.80. The molecule has 0 atom stereocenters. The SMILES string of the molecule is Oc1ccccc1C1=CCN=C(c2c(Cl)cccc2Cl)O1. The maximum absolute atomic E-state index is 9.92. The molecule has 0 saturated heterocycles. The van der Waals surface area contributed by atoms with Gasteiger partial charge in [0, 0.05) is 0 Å². The second-order valence-electron chi connectivity index (χ2n) is 4.43. The fourth-order valence-electron chi connectivity index (χ4n) is 2.07. The van der Waals surface area contributed by atoms with Gasteiger partial charge in [-0.15, -0.1) is 0 Å². The number of rotatable bonds is 2. The Morgan fingerprint density at radius 1 is 1.00 bits per heavy atom. The molecule has 0 fully saturated rings. The van der Waals surface area contributed by atoms with Crippen molar-refractivity contribution in [1.82, 2.24) is 0 Å². The van der Waals surface area contributed by atoms with Crippen LogP contribution in [0.3, 0.4) is 0 Å². The van der Waals surface area contributed by atoms with Crippen LogP contribution in [0.5, 0.6) is 5.75 Å². The molecule has 2 aromatic carbocycles. The highest BCUT2D eigenvalue weighted by Crippen LogP contribution is 2.32. The number of hydrogen-bond donors (Lipinski definition) is 1. The summed E-state index contributed by atoms with van der Waals surface area (Å²) < 4.78 is 5.78. The Morgan fingerprint density at radius 2 is 1.71 bits per heavy atom. The molecule has 5 heteroatoms. The summed E-state index contributed by atoms with van der Waals surface area (Å²) in [6.45, 7) is 0.431. The monoisotopic (exact) mass is 319 g/mol. The van der Waals surface area contributed by atoms with Crippen molar-refractivity contribution in [3.63, 3.8) is 0 Å². The number of para-hydroxylation sites is 1. The summed E-state index contributed by atoms with van der Waals surface area (Å²) in [6.07, 6.45) is 1.79. The largest absolute Gasteiger partial charge is 0.507 e. The van der Waals surface area contributed by atoms with E-state index in [1.807, 2.05) is 6.07 Å². The predicted molar refractivity (Wildman–Crippen MR) is 85.0 cm³/mol. The summed E-state index contributed by atoms with van der Waals surface area (Å²) in [6, 6.07) is 12.2. The third-order valence-corrected chi connectivity index (χ3v) is 3.69. The van der Waals surface area contributed by atoms with Crippen LogP contribution in [0.2, 0.25) is 10.0 Å². The zero-order valence-electron chi connectivity index (χ0n) is 10.9. The van der Waals surface area contributed by atoms with Crippen molar-refractivity contribution in [3.8, 4) is 5.75 Å². The first kappa shape index (κ1) is 14.0. The Bertz CT molecular complexity index is 733. The van der Waals surface area contributed by atoms with Crippen LogP contribution in [0.4, 0.5) is 0 Å². The molecule has 0 spiro atoms. The van der Waals surface area contributed by atoms with Crippen LogP contribution in [-0.2, 0) is 4.74 Å². The molecule has 0 aliphatic carbocycles. The van der Waals surface area contributed by atoms with E-state index in [0.29, 0.717) is 39.4 Å². The van der Waals surface area contributed by atoms with Crippen molar-refractivity contribution >= 4 is 34.9 Å². The van der Waals surface area contributed by atoms with E-state index >= 15 is 0 Å².